The van der Waals surface area contributed by atoms with Crippen LogP contribution in [0.4, 0.5) is 4.79 Å². The summed E-state index contributed by atoms with van der Waals surface area (Å²) in [6.45, 7) is 0.446. The lowest BCUT2D eigenvalue weighted by Gasteiger charge is -2.07. The highest BCUT2D eigenvalue weighted by molar-refractivity contribution is 5.70. The van der Waals surface area contributed by atoms with Crippen LogP contribution < -0.4 is 5.32 Å². The number of carbonyl (C=O) groups is 1. The molecule has 0 aromatic heterocycles. The second-order valence-electron chi connectivity index (χ2n) is 2.66. The Hall–Kier alpha value is -1.71. The molecule has 0 saturated heterocycles. The van der Waals surface area contributed by atoms with Crippen molar-refractivity contribution in [2.45, 2.75) is 0 Å². The van der Waals surface area contributed by atoms with Crippen LogP contribution >= 0.6 is 0 Å². The topological polar surface area (TPSA) is 52.6 Å². The number of nitrogens with zero attached hydrogens (tertiary/aromatic N) is 1. The summed E-state index contributed by atoms with van der Waals surface area (Å²) < 4.78 is 0. The maximum absolute atomic E-state index is 10.6. The summed E-state index contributed by atoms with van der Waals surface area (Å²) in [5.74, 6) is 0. The maximum atomic E-state index is 10.6. The Morgan fingerprint density at radius 1 is 1.67 bits per heavy atom. The molecule has 2 aliphatic heterocycles. The molecule has 0 aromatic rings. The van der Waals surface area contributed by atoms with Crippen molar-refractivity contribution < 1.29 is 9.90 Å². The van der Waals surface area contributed by atoms with Crippen molar-refractivity contribution in [3.63, 3.8) is 0 Å². The molecule has 4 nitrogen and oxygen atoms in total. The zero-order valence-electron chi connectivity index (χ0n) is 6.32. The van der Waals surface area contributed by atoms with E-state index in [1.807, 2.05) is 12.3 Å². The van der Waals surface area contributed by atoms with E-state index < -0.39 is 6.09 Å². The molecule has 62 valence electrons. The van der Waals surface area contributed by atoms with Gasteiger partial charge in [-0.2, -0.15) is 0 Å². The van der Waals surface area contributed by atoms with Crippen molar-refractivity contribution in [1.29, 1.82) is 0 Å². The highest BCUT2D eigenvalue weighted by Crippen LogP contribution is 2.22. The minimum atomic E-state index is -0.911. The van der Waals surface area contributed by atoms with E-state index in [2.05, 4.69) is 5.32 Å². The van der Waals surface area contributed by atoms with Crippen LogP contribution in [-0.2, 0) is 0 Å². The lowest BCUT2D eigenvalue weighted by atomic mass is 10.1. The van der Waals surface area contributed by atoms with Crippen LogP contribution in [0.5, 0.6) is 0 Å². The largest absolute Gasteiger partial charge is 0.465 e. The van der Waals surface area contributed by atoms with Crippen LogP contribution in [-0.4, -0.2) is 22.6 Å². The fourth-order valence-electron chi connectivity index (χ4n) is 1.26. The van der Waals surface area contributed by atoms with Gasteiger partial charge in [0.1, 0.15) is 0 Å². The monoisotopic (exact) mass is 164 g/mol. The first-order chi connectivity index (χ1) is 5.77. The molecule has 0 radical (unpaired) electrons. The van der Waals surface area contributed by atoms with Gasteiger partial charge in [-0.1, -0.05) is 0 Å². The van der Waals surface area contributed by atoms with Gasteiger partial charge in [0.15, 0.2) is 0 Å². The number of hydrogen-bond donors (Lipinski definition) is 2. The SMILES string of the molecule is O=C(O)N1C=C2C=CNC=C2C1. The molecule has 0 spiro atoms. The molecule has 2 N–H and O–H groups in total. The molecule has 0 bridgehead atoms. The van der Waals surface area contributed by atoms with Crippen molar-refractivity contribution in [3.05, 3.63) is 35.8 Å². The van der Waals surface area contributed by atoms with Crippen LogP contribution in [0.1, 0.15) is 0 Å². The lowest BCUT2D eigenvalue weighted by molar-refractivity contribution is 0.167. The predicted octanol–water partition coefficient (Wildman–Crippen LogP) is 0.865. The van der Waals surface area contributed by atoms with Crippen LogP contribution in [0.2, 0.25) is 0 Å². The number of rotatable bonds is 0. The van der Waals surface area contributed by atoms with E-state index in [1.165, 1.54) is 4.90 Å². The van der Waals surface area contributed by atoms with Gasteiger partial charge in [0, 0.05) is 18.6 Å². The first kappa shape index (κ1) is 6.97. The minimum absolute atomic E-state index is 0.446. The smallest absolute Gasteiger partial charge is 0.411 e. The molecule has 0 atom stereocenters. The average Bonchev–Trinajstić information content (AvgIpc) is 2.46. The standard InChI is InChI=1S/C8H8N2O2/c11-8(12)10-4-6-1-2-9-3-7(6)5-10/h1-4,9H,5H2,(H,11,12). The van der Waals surface area contributed by atoms with Crippen molar-refractivity contribution in [1.82, 2.24) is 10.2 Å². The number of carboxylic acid groups (broad SMARTS) is 1. The molecule has 2 aliphatic rings. The molecule has 0 fully saturated rings. The van der Waals surface area contributed by atoms with E-state index in [1.54, 1.807) is 12.4 Å². The molecule has 4 heteroatoms. The zero-order valence-corrected chi connectivity index (χ0v) is 6.32. The third-order valence-electron chi connectivity index (χ3n) is 1.87. The van der Waals surface area contributed by atoms with E-state index >= 15 is 0 Å². The first-order valence-corrected chi connectivity index (χ1v) is 3.61. The number of amides is 1. The predicted molar refractivity (Wildman–Crippen MR) is 43.2 cm³/mol. The Labute approximate surface area is 69.5 Å². The van der Waals surface area contributed by atoms with Gasteiger partial charge in [-0.15, -0.1) is 0 Å². The van der Waals surface area contributed by atoms with Crippen molar-refractivity contribution in [3.8, 4) is 0 Å². The summed E-state index contributed by atoms with van der Waals surface area (Å²) in [6, 6.07) is 0. The molecule has 0 unspecified atom stereocenters. The van der Waals surface area contributed by atoms with Gasteiger partial charge in [-0.3, -0.25) is 4.90 Å². The third-order valence-corrected chi connectivity index (χ3v) is 1.87. The van der Waals surface area contributed by atoms with Gasteiger partial charge < -0.3 is 10.4 Å². The summed E-state index contributed by atoms with van der Waals surface area (Å²) in [4.78, 5) is 11.8. The Morgan fingerprint density at radius 2 is 2.50 bits per heavy atom. The summed E-state index contributed by atoms with van der Waals surface area (Å²) in [5.41, 5.74) is 1.98. The fraction of sp³-hybridized carbons (Fsp3) is 0.125. The van der Waals surface area contributed by atoms with E-state index in [0.29, 0.717) is 6.54 Å². The number of nitrogens with one attached hydrogen (secondary N) is 1. The van der Waals surface area contributed by atoms with Gasteiger partial charge in [-0.05, 0) is 17.2 Å². The Balaban J connectivity index is 2.27. The van der Waals surface area contributed by atoms with Crippen LogP contribution in [0.3, 0.4) is 0 Å². The minimum Gasteiger partial charge on any atom is -0.465 e. The summed E-state index contributed by atoms with van der Waals surface area (Å²) in [6.07, 6.45) is 6.17. The molecular weight excluding hydrogens is 156 g/mol. The van der Waals surface area contributed by atoms with Crippen molar-refractivity contribution in [2.75, 3.05) is 6.54 Å². The van der Waals surface area contributed by atoms with E-state index in [0.717, 1.165) is 11.1 Å². The van der Waals surface area contributed by atoms with Gasteiger partial charge in [0.05, 0.1) is 6.54 Å². The van der Waals surface area contributed by atoms with Crippen LogP contribution in [0.25, 0.3) is 0 Å². The zero-order chi connectivity index (χ0) is 8.55. The molecule has 2 heterocycles. The molecule has 0 aromatic carbocycles. The highest BCUT2D eigenvalue weighted by Gasteiger charge is 2.21. The van der Waals surface area contributed by atoms with E-state index in [4.69, 9.17) is 5.11 Å². The molecule has 12 heavy (non-hydrogen) atoms. The van der Waals surface area contributed by atoms with Crippen molar-refractivity contribution in [2.24, 2.45) is 0 Å². The summed E-state index contributed by atoms with van der Waals surface area (Å²) in [7, 11) is 0. The lowest BCUT2D eigenvalue weighted by Crippen LogP contribution is -2.21. The Kier molecular flexibility index (Phi) is 1.40. The molecular formula is C8H8N2O2. The molecule has 2 rings (SSSR count). The quantitative estimate of drug-likeness (QED) is 0.558. The van der Waals surface area contributed by atoms with Crippen molar-refractivity contribution >= 4 is 6.09 Å². The number of allylic oxidation sites excluding steroid dienone is 1. The Bertz CT molecular complexity index is 315. The normalized spacial score (nSPS) is 19.5. The van der Waals surface area contributed by atoms with Crippen LogP contribution in [0, 0.1) is 0 Å². The van der Waals surface area contributed by atoms with Gasteiger partial charge in [-0.25, -0.2) is 4.79 Å². The number of hydrogen-bond acceptors (Lipinski definition) is 2. The average molecular weight is 164 g/mol. The Morgan fingerprint density at radius 3 is 3.17 bits per heavy atom. The summed E-state index contributed by atoms with van der Waals surface area (Å²) >= 11 is 0. The number of fused-ring (bicyclic) bond motifs is 1. The maximum Gasteiger partial charge on any atom is 0.411 e. The summed E-state index contributed by atoms with van der Waals surface area (Å²) in [5, 5.41) is 11.6. The first-order valence-electron chi connectivity index (χ1n) is 3.61. The third kappa shape index (κ3) is 0.972. The highest BCUT2D eigenvalue weighted by atomic mass is 16.4. The van der Waals surface area contributed by atoms with E-state index in [9.17, 15) is 4.79 Å². The van der Waals surface area contributed by atoms with Crippen LogP contribution in [0.15, 0.2) is 35.8 Å². The van der Waals surface area contributed by atoms with Gasteiger partial charge in [0.2, 0.25) is 0 Å². The fourth-order valence-corrected chi connectivity index (χ4v) is 1.26. The van der Waals surface area contributed by atoms with Gasteiger partial charge >= 0.3 is 6.09 Å². The second kappa shape index (κ2) is 2.41. The van der Waals surface area contributed by atoms with Gasteiger partial charge in [0.25, 0.3) is 0 Å². The molecule has 0 aliphatic carbocycles. The molecule has 1 amide bonds. The second-order valence-corrected chi connectivity index (χ2v) is 2.66. The van der Waals surface area contributed by atoms with E-state index in [-0.39, 0.29) is 0 Å². The number of dihydropyridines is 1. The molecule has 0 saturated carbocycles.